The van der Waals surface area contributed by atoms with Crippen LogP contribution in [0.15, 0.2) is 42.5 Å². The molecule has 1 saturated heterocycles. The number of nitrogens with one attached hydrogen (secondary N) is 1. The summed E-state index contributed by atoms with van der Waals surface area (Å²) in [6, 6.07) is 10.8. The molecule has 154 valence electrons. The number of aryl methyl sites for hydroxylation is 1. The van der Waals surface area contributed by atoms with Crippen molar-refractivity contribution < 1.29 is 24.3 Å². The van der Waals surface area contributed by atoms with E-state index < -0.39 is 11.9 Å². The maximum absolute atomic E-state index is 12.7. The van der Waals surface area contributed by atoms with E-state index in [1.54, 1.807) is 37.3 Å². The average Bonchev–Trinajstić information content (AvgIpc) is 3.00. The molecule has 0 spiro atoms. The van der Waals surface area contributed by atoms with Crippen LogP contribution in [0.1, 0.15) is 52.0 Å². The third-order valence-corrected chi connectivity index (χ3v) is 5.96. The van der Waals surface area contributed by atoms with E-state index in [0.717, 1.165) is 31.2 Å². The minimum absolute atomic E-state index is 0.0822. The lowest BCUT2D eigenvalue weighted by atomic mass is 9.81. The van der Waals surface area contributed by atoms with E-state index in [1.807, 2.05) is 0 Å². The Balaban J connectivity index is 1.52. The summed E-state index contributed by atoms with van der Waals surface area (Å²) < 4.78 is 0. The zero-order valence-electron chi connectivity index (χ0n) is 16.6. The molecule has 30 heavy (non-hydrogen) atoms. The van der Waals surface area contributed by atoms with Crippen molar-refractivity contribution in [3.8, 4) is 0 Å². The predicted octanol–water partition coefficient (Wildman–Crippen LogP) is 3.63. The molecule has 7 nitrogen and oxygen atoms in total. The third-order valence-electron chi connectivity index (χ3n) is 5.96. The molecule has 2 N–H and O–H groups in total. The summed E-state index contributed by atoms with van der Waals surface area (Å²) in [6.07, 6.45) is 3.44. The van der Waals surface area contributed by atoms with Crippen LogP contribution in [0.5, 0.6) is 0 Å². The Bertz CT molecular complexity index is 1020. The summed E-state index contributed by atoms with van der Waals surface area (Å²) in [5.41, 5.74) is 2.05. The minimum Gasteiger partial charge on any atom is -0.478 e. The van der Waals surface area contributed by atoms with Crippen LogP contribution in [-0.4, -0.2) is 28.8 Å². The second-order valence-electron chi connectivity index (χ2n) is 7.85. The van der Waals surface area contributed by atoms with Crippen molar-refractivity contribution in [2.45, 2.75) is 32.6 Å². The van der Waals surface area contributed by atoms with Gasteiger partial charge in [-0.05, 0) is 61.7 Å². The number of amides is 3. The molecule has 1 saturated carbocycles. The van der Waals surface area contributed by atoms with Gasteiger partial charge in [0.15, 0.2) is 0 Å². The molecule has 2 aromatic carbocycles. The molecule has 0 unspecified atom stereocenters. The molecule has 2 atom stereocenters. The summed E-state index contributed by atoms with van der Waals surface area (Å²) in [4.78, 5) is 50.4. The number of imide groups is 1. The number of carboxylic acids is 1. The first-order valence-corrected chi connectivity index (χ1v) is 10.00. The maximum atomic E-state index is 12.7. The summed E-state index contributed by atoms with van der Waals surface area (Å²) in [5.74, 6) is -2.22. The van der Waals surface area contributed by atoms with Gasteiger partial charge in [-0.3, -0.25) is 19.3 Å². The van der Waals surface area contributed by atoms with E-state index in [0.29, 0.717) is 16.9 Å². The Kier molecular flexibility index (Phi) is 5.11. The van der Waals surface area contributed by atoms with Crippen LogP contribution in [-0.2, 0) is 9.59 Å². The zero-order valence-corrected chi connectivity index (χ0v) is 16.6. The van der Waals surface area contributed by atoms with Crippen molar-refractivity contribution in [2.24, 2.45) is 11.8 Å². The highest BCUT2D eigenvalue weighted by molar-refractivity contribution is 6.22. The monoisotopic (exact) mass is 406 g/mol. The standard InChI is InChI=1S/C23H22N2O5/c1-13-6-7-15(23(29)30)12-19(13)24-20(26)14-8-10-16(11-9-14)25-21(27)17-4-2-3-5-18(17)22(25)28/h6-12,17-18H,2-5H2,1H3,(H,24,26)(H,29,30)/t17-,18-/m1/s1. The first kappa shape index (κ1) is 19.8. The number of rotatable bonds is 4. The highest BCUT2D eigenvalue weighted by atomic mass is 16.4. The molecule has 2 fully saturated rings. The van der Waals surface area contributed by atoms with Crippen LogP contribution in [0.3, 0.4) is 0 Å². The fourth-order valence-corrected chi connectivity index (χ4v) is 4.26. The Hall–Kier alpha value is -3.48. The van der Waals surface area contributed by atoms with Gasteiger partial charge in [0.25, 0.3) is 5.91 Å². The van der Waals surface area contributed by atoms with Crippen molar-refractivity contribution in [3.05, 3.63) is 59.2 Å². The Labute approximate surface area is 173 Å². The fraction of sp³-hybridized carbons (Fsp3) is 0.304. The largest absolute Gasteiger partial charge is 0.478 e. The first-order valence-electron chi connectivity index (χ1n) is 10.00. The molecule has 1 aliphatic carbocycles. The second-order valence-corrected chi connectivity index (χ2v) is 7.85. The van der Waals surface area contributed by atoms with Crippen LogP contribution in [0.2, 0.25) is 0 Å². The first-order chi connectivity index (χ1) is 14.4. The molecule has 2 aromatic rings. The summed E-state index contributed by atoms with van der Waals surface area (Å²) in [7, 11) is 0. The molecule has 4 rings (SSSR count). The molecule has 1 aliphatic heterocycles. The molecule has 0 aromatic heterocycles. The van der Waals surface area contributed by atoms with Gasteiger partial charge in [-0.25, -0.2) is 4.79 Å². The lowest BCUT2D eigenvalue weighted by Gasteiger charge is -2.19. The van der Waals surface area contributed by atoms with E-state index in [2.05, 4.69) is 5.32 Å². The van der Waals surface area contributed by atoms with Crippen molar-refractivity contribution in [1.29, 1.82) is 0 Å². The van der Waals surface area contributed by atoms with Gasteiger partial charge in [0.1, 0.15) is 0 Å². The van der Waals surface area contributed by atoms with E-state index in [-0.39, 0.29) is 29.2 Å². The lowest BCUT2D eigenvalue weighted by molar-refractivity contribution is -0.122. The van der Waals surface area contributed by atoms with Crippen LogP contribution >= 0.6 is 0 Å². The quantitative estimate of drug-likeness (QED) is 0.755. The molecule has 3 amide bonds. The highest BCUT2D eigenvalue weighted by Gasteiger charge is 2.48. The topological polar surface area (TPSA) is 104 Å². The highest BCUT2D eigenvalue weighted by Crippen LogP contribution is 2.40. The number of aromatic carboxylic acids is 1. The average molecular weight is 406 g/mol. The van der Waals surface area contributed by atoms with Crippen molar-refractivity contribution in [2.75, 3.05) is 10.2 Å². The number of carbonyl (C=O) groups excluding carboxylic acids is 3. The minimum atomic E-state index is -1.07. The van der Waals surface area contributed by atoms with Gasteiger partial charge in [0.05, 0.1) is 23.1 Å². The van der Waals surface area contributed by atoms with Gasteiger partial charge in [0.2, 0.25) is 11.8 Å². The van der Waals surface area contributed by atoms with E-state index in [4.69, 9.17) is 5.11 Å². The van der Waals surface area contributed by atoms with Gasteiger partial charge in [-0.2, -0.15) is 0 Å². The summed E-state index contributed by atoms with van der Waals surface area (Å²) >= 11 is 0. The third kappa shape index (κ3) is 3.47. The maximum Gasteiger partial charge on any atom is 0.335 e. The van der Waals surface area contributed by atoms with Crippen LogP contribution in [0.4, 0.5) is 11.4 Å². The van der Waals surface area contributed by atoms with Gasteiger partial charge in [-0.1, -0.05) is 18.9 Å². The molecular weight excluding hydrogens is 384 g/mol. The summed E-state index contributed by atoms with van der Waals surface area (Å²) in [5, 5.41) is 11.9. The van der Waals surface area contributed by atoms with Crippen LogP contribution in [0.25, 0.3) is 0 Å². The van der Waals surface area contributed by atoms with Crippen molar-refractivity contribution in [1.82, 2.24) is 0 Å². The van der Waals surface area contributed by atoms with Gasteiger partial charge in [0, 0.05) is 11.3 Å². The number of hydrogen-bond acceptors (Lipinski definition) is 4. The van der Waals surface area contributed by atoms with E-state index in [9.17, 15) is 19.2 Å². The molecular formula is C23H22N2O5. The fourth-order valence-electron chi connectivity index (χ4n) is 4.26. The molecule has 1 heterocycles. The molecule has 0 radical (unpaired) electrons. The normalized spacial score (nSPS) is 20.8. The van der Waals surface area contributed by atoms with Crippen molar-refractivity contribution >= 4 is 35.1 Å². The molecule has 7 heteroatoms. The van der Waals surface area contributed by atoms with Crippen LogP contribution < -0.4 is 10.2 Å². The number of fused-ring (bicyclic) bond motifs is 1. The predicted molar refractivity (Wildman–Crippen MR) is 110 cm³/mol. The number of nitrogens with zero attached hydrogens (tertiary/aromatic N) is 1. The van der Waals surface area contributed by atoms with Gasteiger partial charge < -0.3 is 10.4 Å². The number of carbonyl (C=O) groups is 4. The SMILES string of the molecule is Cc1ccc(C(=O)O)cc1NC(=O)c1ccc(N2C(=O)[C@@H]3CCCC[C@H]3C2=O)cc1. The summed E-state index contributed by atoms with van der Waals surface area (Å²) in [6.45, 7) is 1.77. The number of hydrogen-bond donors (Lipinski definition) is 2. The molecule has 0 bridgehead atoms. The Morgan fingerprint density at radius 2 is 1.50 bits per heavy atom. The van der Waals surface area contributed by atoms with Crippen molar-refractivity contribution in [3.63, 3.8) is 0 Å². The zero-order chi connectivity index (χ0) is 21.4. The van der Waals surface area contributed by atoms with E-state index in [1.165, 1.54) is 17.0 Å². The van der Waals surface area contributed by atoms with E-state index >= 15 is 0 Å². The second kappa shape index (κ2) is 7.74. The Morgan fingerprint density at radius 1 is 0.933 bits per heavy atom. The Morgan fingerprint density at radius 3 is 2.07 bits per heavy atom. The number of benzene rings is 2. The lowest BCUT2D eigenvalue weighted by Crippen LogP contribution is -2.30. The number of anilines is 2. The number of carboxylic acid groups (broad SMARTS) is 1. The van der Waals surface area contributed by atoms with Gasteiger partial charge in [-0.15, -0.1) is 0 Å². The van der Waals surface area contributed by atoms with Crippen LogP contribution in [0, 0.1) is 18.8 Å². The molecule has 2 aliphatic rings. The van der Waals surface area contributed by atoms with Gasteiger partial charge >= 0.3 is 5.97 Å². The smallest absolute Gasteiger partial charge is 0.335 e.